The number of hydrogen-bond donors (Lipinski definition) is 1. The largest absolute Gasteiger partial charge is 0.502 e. The first-order chi connectivity index (χ1) is 20.6. The van der Waals surface area contributed by atoms with E-state index in [1.54, 1.807) is 43.3 Å². The Balaban J connectivity index is 1.84. The molecule has 218 valence electrons. The standard InChI is InChI=1S/C29H22N4O8S2/c1-3-41-28(36)23-24(16-7-5-4-6-8-16)30-29-31(25(23)17-9-11-20(42-2)12-10-17)27(35)22(43-29)14-18-13-19(32(37)38)15-21(26(18)34)33(39)40/h4-15,25,34H,3H2,1-2H3/b22-14-/t25-/m0/s1. The van der Waals surface area contributed by atoms with Gasteiger partial charge in [-0.2, -0.15) is 0 Å². The van der Waals surface area contributed by atoms with E-state index in [4.69, 9.17) is 9.73 Å². The Hall–Kier alpha value is -5.08. The molecule has 5 rings (SSSR count). The van der Waals surface area contributed by atoms with Crippen molar-refractivity contribution in [2.75, 3.05) is 12.9 Å². The minimum atomic E-state index is -0.961. The van der Waals surface area contributed by atoms with E-state index in [1.165, 1.54) is 16.3 Å². The summed E-state index contributed by atoms with van der Waals surface area (Å²) in [5.74, 6) is -1.49. The number of ether oxygens (including phenoxy) is 1. The van der Waals surface area contributed by atoms with E-state index in [-0.39, 0.29) is 27.1 Å². The van der Waals surface area contributed by atoms with Crippen LogP contribution in [0.15, 0.2) is 87.0 Å². The number of phenolic OH excluding ortho intramolecular Hbond substituents is 1. The van der Waals surface area contributed by atoms with Crippen molar-refractivity contribution < 1.29 is 24.5 Å². The predicted molar refractivity (Wildman–Crippen MR) is 161 cm³/mol. The summed E-state index contributed by atoms with van der Waals surface area (Å²) >= 11 is 2.44. The molecule has 1 aromatic heterocycles. The number of aromatic nitrogens is 1. The zero-order chi connectivity index (χ0) is 30.8. The van der Waals surface area contributed by atoms with Crippen LogP contribution in [0.4, 0.5) is 11.4 Å². The van der Waals surface area contributed by atoms with Gasteiger partial charge < -0.3 is 9.84 Å². The molecule has 0 spiro atoms. The second kappa shape index (κ2) is 12.0. The summed E-state index contributed by atoms with van der Waals surface area (Å²) in [5.41, 5.74) is -0.767. The molecule has 0 fully saturated rings. The van der Waals surface area contributed by atoms with Crippen LogP contribution in [0.3, 0.4) is 0 Å². The second-order valence-electron chi connectivity index (χ2n) is 9.12. The van der Waals surface area contributed by atoms with Crippen molar-refractivity contribution in [3.05, 3.63) is 129 Å². The van der Waals surface area contributed by atoms with Crippen LogP contribution in [0.25, 0.3) is 11.8 Å². The van der Waals surface area contributed by atoms with Crippen molar-refractivity contribution in [2.45, 2.75) is 17.9 Å². The molecule has 43 heavy (non-hydrogen) atoms. The molecule has 14 heteroatoms. The Morgan fingerprint density at radius 2 is 1.81 bits per heavy atom. The molecule has 0 aliphatic carbocycles. The van der Waals surface area contributed by atoms with Crippen LogP contribution in [0, 0.1) is 20.2 Å². The number of thioether (sulfide) groups is 1. The highest BCUT2D eigenvalue weighted by Gasteiger charge is 2.35. The van der Waals surface area contributed by atoms with Crippen LogP contribution in [0.1, 0.15) is 29.7 Å². The van der Waals surface area contributed by atoms with Gasteiger partial charge in [-0.25, -0.2) is 9.79 Å². The summed E-state index contributed by atoms with van der Waals surface area (Å²) in [5, 5.41) is 33.5. The van der Waals surface area contributed by atoms with Crippen LogP contribution in [0.2, 0.25) is 0 Å². The number of non-ortho nitro benzene ring substituents is 1. The third kappa shape index (κ3) is 5.57. The summed E-state index contributed by atoms with van der Waals surface area (Å²) in [6, 6.07) is 16.9. The van der Waals surface area contributed by atoms with Crippen LogP contribution in [-0.2, 0) is 9.53 Å². The summed E-state index contributed by atoms with van der Waals surface area (Å²) in [6.07, 6.45) is 3.06. The van der Waals surface area contributed by atoms with E-state index in [9.17, 15) is 34.9 Å². The van der Waals surface area contributed by atoms with Crippen LogP contribution < -0.4 is 14.9 Å². The van der Waals surface area contributed by atoms with Gasteiger partial charge in [0.1, 0.15) is 0 Å². The van der Waals surface area contributed by atoms with Gasteiger partial charge in [-0.3, -0.25) is 29.6 Å². The Kier molecular flexibility index (Phi) is 8.23. The Bertz CT molecular complexity index is 1980. The van der Waals surface area contributed by atoms with Crippen LogP contribution in [0.5, 0.6) is 5.75 Å². The van der Waals surface area contributed by atoms with Gasteiger partial charge in [0.05, 0.1) is 44.4 Å². The first-order valence-electron chi connectivity index (χ1n) is 12.7. The Morgan fingerprint density at radius 3 is 2.42 bits per heavy atom. The average molecular weight is 619 g/mol. The molecular formula is C29H22N4O8S2. The molecule has 0 unspecified atom stereocenters. The van der Waals surface area contributed by atoms with Crippen molar-refractivity contribution in [3.8, 4) is 5.75 Å². The number of esters is 1. The smallest absolute Gasteiger partial charge is 0.338 e. The number of benzene rings is 3. The first kappa shape index (κ1) is 29.4. The monoisotopic (exact) mass is 618 g/mol. The first-order valence-corrected chi connectivity index (χ1v) is 14.8. The lowest BCUT2D eigenvalue weighted by Gasteiger charge is -2.26. The summed E-state index contributed by atoms with van der Waals surface area (Å²) in [4.78, 5) is 54.5. The highest BCUT2D eigenvalue weighted by molar-refractivity contribution is 7.98. The molecule has 1 atom stereocenters. The third-order valence-corrected chi connectivity index (χ3v) is 8.33. The van der Waals surface area contributed by atoms with Gasteiger partial charge in [0.15, 0.2) is 4.80 Å². The van der Waals surface area contributed by atoms with Gasteiger partial charge in [-0.05, 0) is 37.0 Å². The quantitative estimate of drug-likeness (QED) is 0.132. The number of thiazole rings is 1. The number of fused-ring (bicyclic) bond motifs is 1. The fourth-order valence-corrected chi connectivity index (χ4v) is 6.06. The topological polar surface area (TPSA) is 167 Å². The number of hydrogen-bond acceptors (Lipinski definition) is 11. The zero-order valence-electron chi connectivity index (χ0n) is 22.6. The molecular weight excluding hydrogens is 596 g/mol. The van der Waals surface area contributed by atoms with E-state index in [0.29, 0.717) is 22.9 Å². The van der Waals surface area contributed by atoms with E-state index >= 15 is 0 Å². The maximum Gasteiger partial charge on any atom is 0.338 e. The molecule has 1 aliphatic heterocycles. The highest BCUT2D eigenvalue weighted by Crippen LogP contribution is 2.37. The van der Waals surface area contributed by atoms with Gasteiger partial charge in [-0.15, -0.1) is 11.8 Å². The van der Waals surface area contributed by atoms with Crippen molar-refractivity contribution in [3.63, 3.8) is 0 Å². The molecule has 1 N–H and O–H groups in total. The highest BCUT2D eigenvalue weighted by atomic mass is 32.2. The fourth-order valence-electron chi connectivity index (χ4n) is 4.66. The second-order valence-corrected chi connectivity index (χ2v) is 11.0. The van der Waals surface area contributed by atoms with Gasteiger partial charge in [0.25, 0.3) is 11.2 Å². The van der Waals surface area contributed by atoms with Crippen molar-refractivity contribution in [1.82, 2.24) is 4.57 Å². The molecule has 0 amide bonds. The predicted octanol–water partition coefficient (Wildman–Crippen LogP) is 4.18. The van der Waals surface area contributed by atoms with E-state index < -0.39 is 44.5 Å². The molecule has 4 aromatic rings. The normalized spacial score (nSPS) is 14.7. The summed E-state index contributed by atoms with van der Waals surface area (Å²) < 4.78 is 6.74. The minimum absolute atomic E-state index is 0.0212. The van der Waals surface area contributed by atoms with Gasteiger partial charge in [0, 0.05) is 22.1 Å². The maximum atomic E-state index is 14.0. The molecule has 1 aliphatic rings. The van der Waals surface area contributed by atoms with Crippen LogP contribution >= 0.6 is 23.1 Å². The Labute approximate surface area is 251 Å². The Morgan fingerprint density at radius 1 is 1.12 bits per heavy atom. The molecule has 0 saturated carbocycles. The number of aromatic hydroxyl groups is 1. The van der Waals surface area contributed by atoms with Gasteiger partial charge in [0.2, 0.25) is 5.75 Å². The lowest BCUT2D eigenvalue weighted by molar-refractivity contribution is -0.394. The lowest BCUT2D eigenvalue weighted by atomic mass is 9.93. The minimum Gasteiger partial charge on any atom is -0.502 e. The maximum absolute atomic E-state index is 14.0. The number of nitro benzene ring substituents is 2. The summed E-state index contributed by atoms with van der Waals surface area (Å²) in [6.45, 7) is 1.75. The van der Waals surface area contributed by atoms with E-state index in [1.807, 2.05) is 24.5 Å². The lowest BCUT2D eigenvalue weighted by Crippen LogP contribution is -2.40. The average Bonchev–Trinajstić information content (AvgIpc) is 3.31. The number of carbonyl (C=O) groups excluding carboxylic acids is 1. The van der Waals surface area contributed by atoms with Crippen molar-refractivity contribution in [1.29, 1.82) is 0 Å². The number of rotatable bonds is 8. The number of phenols is 1. The van der Waals surface area contributed by atoms with Crippen LogP contribution in [-0.4, -0.2) is 38.4 Å². The fraction of sp³-hybridized carbons (Fsp3) is 0.138. The number of nitrogens with zero attached hydrogens (tertiary/aromatic N) is 4. The molecule has 0 bridgehead atoms. The zero-order valence-corrected chi connectivity index (χ0v) is 24.3. The SMILES string of the molecule is CCOC(=O)C1=C(c2ccccc2)N=c2s/c(=C\c3cc([N+](=O)[O-])cc([N+](=O)[O-])c3O)c(=O)n2[C@H]1c1ccc(SC)cc1. The van der Waals surface area contributed by atoms with E-state index in [0.717, 1.165) is 28.4 Å². The third-order valence-electron chi connectivity index (χ3n) is 6.60. The van der Waals surface area contributed by atoms with Crippen molar-refractivity contribution >= 4 is 52.2 Å². The molecule has 0 saturated heterocycles. The molecule has 0 radical (unpaired) electrons. The van der Waals surface area contributed by atoms with E-state index in [2.05, 4.69) is 0 Å². The molecule has 12 nitrogen and oxygen atoms in total. The summed E-state index contributed by atoms with van der Waals surface area (Å²) in [7, 11) is 0. The number of carbonyl (C=O) groups is 1. The molecule has 3 aromatic carbocycles. The van der Waals surface area contributed by atoms with Crippen molar-refractivity contribution in [2.24, 2.45) is 4.99 Å². The number of nitro groups is 2. The molecule has 2 heterocycles. The van der Waals surface area contributed by atoms with Gasteiger partial charge >= 0.3 is 11.7 Å². The van der Waals surface area contributed by atoms with Gasteiger partial charge in [-0.1, -0.05) is 53.8 Å².